The summed E-state index contributed by atoms with van der Waals surface area (Å²) in [5.74, 6) is -0.565. The van der Waals surface area contributed by atoms with Crippen LogP contribution in [0, 0.1) is 0 Å². The summed E-state index contributed by atoms with van der Waals surface area (Å²) in [6, 6.07) is 25.4. The van der Waals surface area contributed by atoms with Crippen LogP contribution in [-0.4, -0.2) is 23.5 Å². The van der Waals surface area contributed by atoms with E-state index < -0.39 is 5.97 Å². The molecule has 0 spiro atoms. The summed E-state index contributed by atoms with van der Waals surface area (Å²) in [7, 11) is 0. The molecule has 34 heavy (non-hydrogen) atoms. The van der Waals surface area contributed by atoms with E-state index in [0.29, 0.717) is 21.0 Å². The van der Waals surface area contributed by atoms with Crippen LogP contribution in [0.25, 0.3) is 17.2 Å². The Kier molecular flexibility index (Phi) is 7.20. The van der Waals surface area contributed by atoms with Crippen molar-refractivity contribution in [3.8, 4) is 16.9 Å². The Balaban J connectivity index is 1.83. The molecule has 5 nitrogen and oxygen atoms in total. The molecule has 0 fully saturated rings. The van der Waals surface area contributed by atoms with Gasteiger partial charge in [-0.25, -0.2) is 4.79 Å². The fraction of sp³-hybridized carbons (Fsp3) is 0.0714. The molecule has 4 rings (SSSR count). The molecule has 0 bridgehead atoms. The van der Waals surface area contributed by atoms with Gasteiger partial charge >= 0.3 is 5.97 Å². The number of rotatable bonds is 8. The number of aromatic hydroxyl groups is 1. The molecular weight excluding hydrogens is 446 g/mol. The summed E-state index contributed by atoms with van der Waals surface area (Å²) in [6.45, 7) is 1.97. The molecule has 0 aliphatic heterocycles. The Bertz CT molecular complexity index is 1310. The minimum Gasteiger partial charge on any atom is -0.508 e. The largest absolute Gasteiger partial charge is 0.508 e. The number of nitrogens with one attached hydrogen (secondary N) is 1. The van der Waals surface area contributed by atoms with Crippen molar-refractivity contribution in [2.24, 2.45) is 0 Å². The van der Waals surface area contributed by atoms with Crippen molar-refractivity contribution < 1.29 is 19.4 Å². The van der Waals surface area contributed by atoms with Crippen LogP contribution in [0.3, 0.4) is 0 Å². The molecule has 0 amide bonds. The molecule has 6 heteroatoms. The van der Waals surface area contributed by atoms with Crippen LogP contribution in [0.5, 0.6) is 5.75 Å². The number of ketones is 1. The lowest BCUT2D eigenvalue weighted by Gasteiger charge is -2.10. The van der Waals surface area contributed by atoms with Gasteiger partial charge in [0.25, 0.3) is 0 Å². The zero-order chi connectivity index (χ0) is 23.9. The molecule has 0 aliphatic rings. The van der Waals surface area contributed by atoms with Gasteiger partial charge in [0.2, 0.25) is 0 Å². The van der Waals surface area contributed by atoms with Gasteiger partial charge in [-0.05, 0) is 48.4 Å². The topological polar surface area (TPSA) is 75.6 Å². The fourth-order valence-electron chi connectivity index (χ4n) is 3.46. The van der Waals surface area contributed by atoms with Crippen LogP contribution in [0.4, 0.5) is 10.7 Å². The molecule has 1 aromatic heterocycles. The molecule has 0 radical (unpaired) electrons. The zero-order valence-corrected chi connectivity index (χ0v) is 19.3. The summed E-state index contributed by atoms with van der Waals surface area (Å²) in [5, 5.41) is 13.3. The molecule has 3 aromatic carbocycles. The number of ether oxygens (including phenoxy) is 1. The zero-order valence-electron chi connectivity index (χ0n) is 18.5. The lowest BCUT2D eigenvalue weighted by atomic mass is 9.99. The van der Waals surface area contributed by atoms with Crippen molar-refractivity contribution in [3.63, 3.8) is 0 Å². The molecular formula is C28H23NO4S. The second kappa shape index (κ2) is 10.6. The molecule has 0 aliphatic carbocycles. The van der Waals surface area contributed by atoms with Crippen molar-refractivity contribution >= 4 is 39.9 Å². The highest BCUT2D eigenvalue weighted by atomic mass is 32.1. The van der Waals surface area contributed by atoms with Crippen molar-refractivity contribution in [3.05, 3.63) is 107 Å². The summed E-state index contributed by atoms with van der Waals surface area (Å²) >= 11 is 1.22. The van der Waals surface area contributed by atoms with E-state index in [1.807, 2.05) is 60.7 Å². The number of carbonyl (C=O) groups is 2. The van der Waals surface area contributed by atoms with E-state index >= 15 is 0 Å². The number of phenolic OH excluding ortho intramolecular Hbond substituents is 1. The number of allylic oxidation sites excluding steroid dienone is 1. The van der Waals surface area contributed by atoms with Crippen molar-refractivity contribution in [2.75, 3.05) is 11.9 Å². The monoisotopic (exact) mass is 469 g/mol. The number of anilines is 2. The van der Waals surface area contributed by atoms with Crippen molar-refractivity contribution in [1.82, 2.24) is 0 Å². The number of carbonyl (C=O) groups excluding carboxylic acids is 2. The van der Waals surface area contributed by atoms with Gasteiger partial charge in [-0.15, -0.1) is 11.3 Å². The Morgan fingerprint density at radius 2 is 1.59 bits per heavy atom. The highest BCUT2D eigenvalue weighted by Gasteiger charge is 2.28. The first-order valence-corrected chi connectivity index (χ1v) is 11.6. The Hall–Kier alpha value is -4.16. The first-order chi connectivity index (χ1) is 16.6. The summed E-state index contributed by atoms with van der Waals surface area (Å²) in [5.41, 5.74) is 3.21. The van der Waals surface area contributed by atoms with E-state index in [-0.39, 0.29) is 18.1 Å². The van der Waals surface area contributed by atoms with Crippen LogP contribution in [0.1, 0.15) is 32.5 Å². The number of hydrogen-bond donors (Lipinski definition) is 2. The molecule has 0 saturated carbocycles. The third-order valence-electron chi connectivity index (χ3n) is 5.03. The van der Waals surface area contributed by atoms with Crippen LogP contribution in [0.2, 0.25) is 0 Å². The molecule has 0 saturated heterocycles. The van der Waals surface area contributed by atoms with Gasteiger partial charge in [0.1, 0.15) is 16.3 Å². The van der Waals surface area contributed by atoms with Crippen LogP contribution < -0.4 is 5.32 Å². The second-order valence-corrected chi connectivity index (χ2v) is 8.40. The maximum absolute atomic E-state index is 13.4. The lowest BCUT2D eigenvalue weighted by molar-refractivity contribution is 0.0529. The SMILES string of the molecule is CCOC(=O)c1c(Nc2ccccc2)sc(C(=O)/C=C/c2ccc(O)cc2)c1-c1ccccc1. The van der Waals surface area contributed by atoms with Gasteiger partial charge in [-0.3, -0.25) is 4.79 Å². The number of thiophene rings is 1. The maximum Gasteiger partial charge on any atom is 0.341 e. The van der Waals surface area contributed by atoms with Gasteiger partial charge in [-0.1, -0.05) is 66.7 Å². The van der Waals surface area contributed by atoms with E-state index in [4.69, 9.17) is 4.74 Å². The molecule has 0 atom stereocenters. The maximum atomic E-state index is 13.4. The lowest BCUT2D eigenvalue weighted by Crippen LogP contribution is -2.08. The quantitative estimate of drug-likeness (QED) is 0.166. The number of benzene rings is 3. The average Bonchev–Trinajstić information content (AvgIpc) is 3.24. The van der Waals surface area contributed by atoms with Crippen LogP contribution >= 0.6 is 11.3 Å². The van der Waals surface area contributed by atoms with Crippen molar-refractivity contribution in [1.29, 1.82) is 0 Å². The third-order valence-corrected chi connectivity index (χ3v) is 6.15. The molecule has 4 aromatic rings. The number of phenols is 1. The van der Waals surface area contributed by atoms with Gasteiger partial charge in [0.15, 0.2) is 5.78 Å². The highest BCUT2D eigenvalue weighted by Crippen LogP contribution is 2.42. The third kappa shape index (κ3) is 5.24. The first kappa shape index (κ1) is 23.0. The molecule has 2 N–H and O–H groups in total. The van der Waals surface area contributed by atoms with Gasteiger partial charge in [0.05, 0.1) is 11.5 Å². The van der Waals surface area contributed by atoms with Gasteiger partial charge in [0, 0.05) is 11.3 Å². The van der Waals surface area contributed by atoms with E-state index in [9.17, 15) is 14.7 Å². The van der Waals surface area contributed by atoms with E-state index in [2.05, 4.69) is 5.32 Å². The minimum absolute atomic E-state index is 0.156. The smallest absolute Gasteiger partial charge is 0.341 e. The Morgan fingerprint density at radius 1 is 0.941 bits per heavy atom. The van der Waals surface area contributed by atoms with E-state index in [0.717, 1.165) is 16.8 Å². The number of hydrogen-bond acceptors (Lipinski definition) is 6. The number of esters is 1. The summed E-state index contributed by atoms with van der Waals surface area (Å²) in [4.78, 5) is 26.9. The van der Waals surface area contributed by atoms with E-state index in [1.54, 1.807) is 37.3 Å². The van der Waals surface area contributed by atoms with Crippen LogP contribution in [-0.2, 0) is 4.74 Å². The first-order valence-electron chi connectivity index (χ1n) is 10.8. The minimum atomic E-state index is -0.488. The van der Waals surface area contributed by atoms with Crippen LogP contribution in [0.15, 0.2) is 91.0 Å². The van der Waals surface area contributed by atoms with Gasteiger partial charge < -0.3 is 15.2 Å². The molecule has 0 unspecified atom stereocenters. The van der Waals surface area contributed by atoms with Crippen molar-refractivity contribution in [2.45, 2.75) is 6.92 Å². The predicted octanol–water partition coefficient (Wildman–Crippen LogP) is 6.94. The Morgan fingerprint density at radius 3 is 2.24 bits per heavy atom. The van der Waals surface area contributed by atoms with E-state index in [1.165, 1.54) is 17.4 Å². The normalized spacial score (nSPS) is 10.9. The molecule has 1 heterocycles. The Labute approximate surface area is 202 Å². The second-order valence-electron chi connectivity index (χ2n) is 7.38. The molecule has 170 valence electrons. The summed E-state index contributed by atoms with van der Waals surface area (Å²) < 4.78 is 5.38. The predicted molar refractivity (Wildman–Crippen MR) is 137 cm³/mol. The number of para-hydroxylation sites is 1. The average molecular weight is 470 g/mol. The fourth-order valence-corrected chi connectivity index (χ4v) is 4.61. The van der Waals surface area contributed by atoms with Gasteiger partial charge in [-0.2, -0.15) is 0 Å². The summed E-state index contributed by atoms with van der Waals surface area (Å²) in [6.07, 6.45) is 3.16. The standard InChI is InChI=1S/C28H23NO4S/c1-2-33-28(32)25-24(20-9-5-3-6-10-20)26(34-27(25)29-21-11-7-4-8-12-21)23(31)18-15-19-13-16-22(30)17-14-19/h3-18,29-30H,2H2,1H3/b18-15+. The highest BCUT2D eigenvalue weighted by molar-refractivity contribution is 7.19.